The zero-order valence-electron chi connectivity index (χ0n) is 10.4. The second-order valence-corrected chi connectivity index (χ2v) is 3.64. The van der Waals surface area contributed by atoms with Gasteiger partial charge in [0.15, 0.2) is 17.9 Å². The summed E-state index contributed by atoms with van der Waals surface area (Å²) in [6.07, 6.45) is -0.584. The topological polar surface area (TPSA) is 47.6 Å². The number of nitrogens with one attached hydrogen (secondary N) is 1. The molecule has 0 heterocycles. The summed E-state index contributed by atoms with van der Waals surface area (Å²) in [5.74, 6) is -2.50. The van der Waals surface area contributed by atoms with Crippen LogP contribution in [-0.2, 0) is 9.47 Å². The molecule has 100 valence electrons. The van der Waals surface area contributed by atoms with Crippen LogP contribution in [-0.4, -0.2) is 33.0 Å². The molecule has 0 atom stereocenters. The Bertz CT molecular complexity index is 434. The normalized spacial score (nSPS) is 10.8. The summed E-state index contributed by atoms with van der Waals surface area (Å²) in [6, 6.07) is 2.15. The monoisotopic (exact) mass is 259 g/mol. The zero-order chi connectivity index (χ0) is 13.7. The fourth-order valence-corrected chi connectivity index (χ4v) is 1.43. The molecular formula is C12H15F2NO3. The van der Waals surface area contributed by atoms with Crippen LogP contribution in [0.1, 0.15) is 15.9 Å². The second kappa shape index (κ2) is 6.42. The van der Waals surface area contributed by atoms with Crippen molar-refractivity contribution in [2.45, 2.75) is 13.2 Å². The average Bonchev–Trinajstić information content (AvgIpc) is 2.37. The van der Waals surface area contributed by atoms with Gasteiger partial charge in [-0.3, -0.25) is 4.79 Å². The van der Waals surface area contributed by atoms with E-state index in [9.17, 15) is 13.6 Å². The zero-order valence-corrected chi connectivity index (χ0v) is 10.4. The number of methoxy groups -OCH3 is 2. The Hall–Kier alpha value is -1.53. The smallest absolute Gasteiger partial charge is 0.251 e. The molecular weight excluding hydrogens is 244 g/mol. The predicted molar refractivity (Wildman–Crippen MR) is 61.2 cm³/mol. The molecule has 0 bridgehead atoms. The van der Waals surface area contributed by atoms with Crippen LogP contribution in [0, 0.1) is 18.6 Å². The lowest BCUT2D eigenvalue weighted by molar-refractivity contribution is -0.0974. The first-order valence-electron chi connectivity index (χ1n) is 5.29. The van der Waals surface area contributed by atoms with E-state index in [0.717, 1.165) is 6.07 Å². The van der Waals surface area contributed by atoms with E-state index in [1.165, 1.54) is 27.2 Å². The van der Waals surface area contributed by atoms with Gasteiger partial charge in [-0.15, -0.1) is 0 Å². The van der Waals surface area contributed by atoms with Crippen LogP contribution in [0.15, 0.2) is 12.1 Å². The van der Waals surface area contributed by atoms with Gasteiger partial charge < -0.3 is 14.8 Å². The number of rotatable bonds is 5. The third-order valence-corrected chi connectivity index (χ3v) is 2.54. The van der Waals surface area contributed by atoms with Gasteiger partial charge in [-0.25, -0.2) is 8.78 Å². The van der Waals surface area contributed by atoms with Crippen molar-refractivity contribution in [3.05, 3.63) is 34.9 Å². The van der Waals surface area contributed by atoms with E-state index in [4.69, 9.17) is 9.47 Å². The van der Waals surface area contributed by atoms with Crippen molar-refractivity contribution in [2.75, 3.05) is 20.8 Å². The highest BCUT2D eigenvalue weighted by atomic mass is 19.2. The lowest BCUT2D eigenvalue weighted by Crippen LogP contribution is -2.34. The molecule has 0 unspecified atom stereocenters. The van der Waals surface area contributed by atoms with Gasteiger partial charge in [0, 0.05) is 25.3 Å². The van der Waals surface area contributed by atoms with Crippen molar-refractivity contribution >= 4 is 5.91 Å². The average molecular weight is 259 g/mol. The number of hydrogen-bond donors (Lipinski definition) is 1. The highest BCUT2D eigenvalue weighted by molar-refractivity contribution is 5.95. The molecule has 0 saturated heterocycles. The standard InChI is InChI=1S/C12H15F2NO3/c1-7-8(4-5-9(13)11(7)14)12(16)15-6-10(17-2)18-3/h4-5,10H,6H2,1-3H3,(H,15,16). The molecule has 1 rings (SSSR count). The summed E-state index contributed by atoms with van der Waals surface area (Å²) in [7, 11) is 2.87. The van der Waals surface area contributed by atoms with E-state index in [2.05, 4.69) is 5.32 Å². The molecule has 1 amide bonds. The molecule has 1 aromatic rings. The molecule has 1 N–H and O–H groups in total. The van der Waals surface area contributed by atoms with Crippen molar-refractivity contribution in [2.24, 2.45) is 0 Å². The number of benzene rings is 1. The number of carbonyl (C=O) groups excluding carboxylic acids is 1. The highest BCUT2D eigenvalue weighted by Gasteiger charge is 2.16. The molecule has 0 aliphatic carbocycles. The van der Waals surface area contributed by atoms with E-state index in [1.54, 1.807) is 0 Å². The van der Waals surface area contributed by atoms with Crippen LogP contribution < -0.4 is 5.32 Å². The van der Waals surface area contributed by atoms with Crippen molar-refractivity contribution in [1.82, 2.24) is 5.32 Å². The Morgan fingerprint density at radius 1 is 1.33 bits per heavy atom. The molecule has 18 heavy (non-hydrogen) atoms. The molecule has 0 aliphatic heterocycles. The lowest BCUT2D eigenvalue weighted by Gasteiger charge is -2.14. The number of carbonyl (C=O) groups is 1. The van der Waals surface area contributed by atoms with Gasteiger partial charge >= 0.3 is 0 Å². The van der Waals surface area contributed by atoms with Gasteiger partial charge in [0.25, 0.3) is 5.91 Å². The molecule has 4 nitrogen and oxygen atoms in total. The number of halogens is 2. The Morgan fingerprint density at radius 2 is 1.94 bits per heavy atom. The maximum absolute atomic E-state index is 13.3. The maximum atomic E-state index is 13.3. The SMILES string of the molecule is COC(CNC(=O)c1ccc(F)c(F)c1C)OC. The first-order valence-corrected chi connectivity index (χ1v) is 5.29. The predicted octanol–water partition coefficient (Wildman–Crippen LogP) is 1.62. The number of ether oxygens (including phenoxy) is 2. The quantitative estimate of drug-likeness (QED) is 0.817. The van der Waals surface area contributed by atoms with E-state index < -0.39 is 23.8 Å². The van der Waals surface area contributed by atoms with E-state index in [0.29, 0.717) is 0 Å². The Labute approximate surface area is 104 Å². The van der Waals surface area contributed by atoms with Crippen LogP contribution in [0.5, 0.6) is 0 Å². The number of hydrogen-bond acceptors (Lipinski definition) is 3. The van der Waals surface area contributed by atoms with E-state index >= 15 is 0 Å². The van der Waals surface area contributed by atoms with Crippen molar-refractivity contribution in [3.8, 4) is 0 Å². The summed E-state index contributed by atoms with van der Waals surface area (Å²) in [5, 5.41) is 2.51. The first kappa shape index (κ1) is 14.5. The minimum absolute atomic E-state index is 0.0288. The fourth-order valence-electron chi connectivity index (χ4n) is 1.43. The third-order valence-electron chi connectivity index (χ3n) is 2.54. The minimum Gasteiger partial charge on any atom is -0.354 e. The van der Waals surface area contributed by atoms with Crippen molar-refractivity contribution in [1.29, 1.82) is 0 Å². The highest BCUT2D eigenvalue weighted by Crippen LogP contribution is 2.15. The van der Waals surface area contributed by atoms with Gasteiger partial charge in [-0.1, -0.05) is 0 Å². The van der Waals surface area contributed by atoms with Gasteiger partial charge in [0.2, 0.25) is 0 Å². The lowest BCUT2D eigenvalue weighted by atomic mass is 10.1. The molecule has 0 fully saturated rings. The van der Waals surface area contributed by atoms with Crippen LogP contribution in [0.3, 0.4) is 0 Å². The van der Waals surface area contributed by atoms with Crippen molar-refractivity contribution in [3.63, 3.8) is 0 Å². The fraction of sp³-hybridized carbons (Fsp3) is 0.417. The van der Waals surface area contributed by atoms with E-state index in [-0.39, 0.29) is 17.7 Å². The molecule has 0 aliphatic rings. The molecule has 6 heteroatoms. The largest absolute Gasteiger partial charge is 0.354 e. The van der Waals surface area contributed by atoms with Gasteiger partial charge in [-0.05, 0) is 19.1 Å². The Kier molecular flexibility index (Phi) is 5.18. The molecule has 0 saturated carbocycles. The van der Waals surface area contributed by atoms with Crippen molar-refractivity contribution < 1.29 is 23.0 Å². The molecule has 1 aromatic carbocycles. The molecule has 0 spiro atoms. The third kappa shape index (κ3) is 3.24. The Morgan fingerprint density at radius 3 is 2.50 bits per heavy atom. The summed E-state index contributed by atoms with van der Waals surface area (Å²) < 4.78 is 36.0. The van der Waals surface area contributed by atoms with Gasteiger partial charge in [0.05, 0.1) is 6.54 Å². The van der Waals surface area contributed by atoms with Crippen LogP contribution in [0.2, 0.25) is 0 Å². The second-order valence-electron chi connectivity index (χ2n) is 3.64. The van der Waals surface area contributed by atoms with Crippen LogP contribution in [0.4, 0.5) is 8.78 Å². The molecule has 0 aromatic heterocycles. The number of amides is 1. The summed E-state index contributed by atoms with van der Waals surface area (Å²) in [6.45, 7) is 1.46. The Balaban J connectivity index is 2.76. The van der Waals surface area contributed by atoms with Crippen LogP contribution >= 0.6 is 0 Å². The summed E-state index contributed by atoms with van der Waals surface area (Å²) in [5.41, 5.74) is 0.0544. The minimum atomic E-state index is -1.02. The van der Waals surface area contributed by atoms with Gasteiger partial charge in [0.1, 0.15) is 0 Å². The van der Waals surface area contributed by atoms with Gasteiger partial charge in [-0.2, -0.15) is 0 Å². The summed E-state index contributed by atoms with van der Waals surface area (Å²) >= 11 is 0. The summed E-state index contributed by atoms with van der Waals surface area (Å²) in [4.78, 5) is 11.8. The van der Waals surface area contributed by atoms with Crippen LogP contribution in [0.25, 0.3) is 0 Å². The first-order chi connectivity index (χ1) is 8.51. The maximum Gasteiger partial charge on any atom is 0.251 e. The molecule has 0 radical (unpaired) electrons. The van der Waals surface area contributed by atoms with E-state index in [1.807, 2.05) is 0 Å².